The lowest BCUT2D eigenvalue weighted by molar-refractivity contribution is -0.138. The molecule has 0 fully saturated rings. The van der Waals surface area contributed by atoms with Gasteiger partial charge in [0.05, 0.1) is 29.5 Å². The number of benzene rings is 3. The average Bonchev–Trinajstić information content (AvgIpc) is 2.91. The van der Waals surface area contributed by atoms with Crippen LogP contribution in [0.15, 0.2) is 95.1 Å². The molecule has 1 amide bonds. The Morgan fingerprint density at radius 2 is 1.71 bits per heavy atom. The third-order valence-corrected chi connectivity index (χ3v) is 7.27. The Morgan fingerprint density at radius 1 is 1.05 bits per heavy atom. The zero-order valence-corrected chi connectivity index (χ0v) is 21.4. The Morgan fingerprint density at radius 3 is 2.39 bits per heavy atom. The second-order valence-corrected chi connectivity index (χ2v) is 9.54. The van der Waals surface area contributed by atoms with E-state index >= 15 is 0 Å². The fourth-order valence-corrected chi connectivity index (χ4v) is 5.49. The molecule has 3 aromatic carbocycles. The minimum atomic E-state index is -4.68. The van der Waals surface area contributed by atoms with Crippen molar-refractivity contribution in [3.63, 3.8) is 0 Å². The van der Waals surface area contributed by atoms with Crippen LogP contribution in [0.4, 0.5) is 18.9 Å². The first kappa shape index (κ1) is 27.0. The maximum Gasteiger partial charge on any atom is 0.416 e. The van der Waals surface area contributed by atoms with Gasteiger partial charge in [0, 0.05) is 22.9 Å². The normalized spacial score (nSPS) is 17.4. The van der Waals surface area contributed by atoms with Crippen LogP contribution in [0.25, 0.3) is 0 Å². The Labute approximate surface area is 223 Å². The average molecular weight is 536 g/mol. The summed E-state index contributed by atoms with van der Waals surface area (Å²) in [6.45, 7) is 1.58. The molecule has 0 bridgehead atoms. The highest BCUT2D eigenvalue weighted by Crippen LogP contribution is 2.46. The van der Waals surface area contributed by atoms with Gasteiger partial charge in [-0.3, -0.25) is 4.79 Å². The molecule has 0 aliphatic carbocycles. The lowest BCUT2D eigenvalue weighted by atomic mass is 9.76. The van der Waals surface area contributed by atoms with E-state index in [4.69, 9.17) is 4.74 Å². The molecule has 4 rings (SSSR count). The number of carbonyl (C=O) groups excluding carboxylic acids is 1. The van der Waals surface area contributed by atoms with E-state index in [1.54, 1.807) is 31.2 Å². The van der Waals surface area contributed by atoms with Crippen molar-refractivity contribution >= 4 is 28.4 Å². The van der Waals surface area contributed by atoms with E-state index in [0.717, 1.165) is 11.6 Å². The summed E-state index contributed by atoms with van der Waals surface area (Å²) >= 11 is 1.28. The first-order valence-corrected chi connectivity index (χ1v) is 12.7. The van der Waals surface area contributed by atoms with Crippen LogP contribution < -0.4 is 10.1 Å². The molecule has 38 heavy (non-hydrogen) atoms. The van der Waals surface area contributed by atoms with Gasteiger partial charge < -0.3 is 10.1 Å². The summed E-state index contributed by atoms with van der Waals surface area (Å²) < 4.78 is 47.7. The highest BCUT2D eigenvalue weighted by atomic mass is 32.2. The number of aliphatic imine (C=N–C) groups is 1. The van der Waals surface area contributed by atoms with Crippen molar-refractivity contribution in [1.29, 1.82) is 5.26 Å². The van der Waals surface area contributed by atoms with Gasteiger partial charge in [-0.15, -0.1) is 11.8 Å². The molecule has 3 aromatic rings. The molecular weight excluding hydrogens is 511 g/mol. The number of hydrogen-bond acceptors (Lipinski definition) is 5. The zero-order chi connectivity index (χ0) is 27.3. The van der Waals surface area contributed by atoms with Crippen molar-refractivity contribution < 1.29 is 22.7 Å². The van der Waals surface area contributed by atoms with Gasteiger partial charge in [-0.2, -0.15) is 18.4 Å². The van der Waals surface area contributed by atoms with Crippen molar-refractivity contribution in [1.82, 2.24) is 0 Å². The third kappa shape index (κ3) is 5.76. The lowest BCUT2D eigenvalue weighted by Crippen LogP contribution is -2.32. The number of alkyl halides is 3. The summed E-state index contributed by atoms with van der Waals surface area (Å²) in [6, 6.07) is 23.4. The molecule has 0 radical (unpaired) electrons. The summed E-state index contributed by atoms with van der Waals surface area (Å²) in [5, 5.41) is 13.4. The SMILES string of the molecule is COc1ccccc1NC(=O)C1=C(C)N=C(SCc2ccccc2)C(C#N)C1c1ccccc1C(F)(F)F. The molecule has 194 valence electrons. The predicted octanol–water partition coefficient (Wildman–Crippen LogP) is 7.20. The third-order valence-electron chi connectivity index (χ3n) is 6.15. The zero-order valence-electron chi connectivity index (χ0n) is 20.6. The second-order valence-electron chi connectivity index (χ2n) is 8.55. The van der Waals surface area contributed by atoms with Gasteiger partial charge in [-0.05, 0) is 36.2 Å². The van der Waals surface area contributed by atoms with Gasteiger partial charge in [0.2, 0.25) is 0 Å². The van der Waals surface area contributed by atoms with E-state index in [9.17, 15) is 23.2 Å². The van der Waals surface area contributed by atoms with Gasteiger partial charge >= 0.3 is 6.18 Å². The van der Waals surface area contributed by atoms with Crippen LogP contribution in [-0.2, 0) is 16.7 Å². The number of ether oxygens (including phenoxy) is 1. The molecule has 1 aliphatic rings. The largest absolute Gasteiger partial charge is 0.495 e. The maximum absolute atomic E-state index is 14.1. The molecule has 0 spiro atoms. The number of rotatable bonds is 6. The fourth-order valence-electron chi connectivity index (χ4n) is 4.42. The van der Waals surface area contributed by atoms with Crippen LogP contribution in [-0.4, -0.2) is 18.1 Å². The number of para-hydroxylation sites is 2. The first-order valence-electron chi connectivity index (χ1n) is 11.7. The number of thioether (sulfide) groups is 1. The molecule has 2 atom stereocenters. The number of methoxy groups -OCH3 is 1. The number of nitriles is 1. The van der Waals surface area contributed by atoms with Crippen molar-refractivity contribution in [3.05, 3.63) is 107 Å². The molecule has 0 aromatic heterocycles. The van der Waals surface area contributed by atoms with E-state index < -0.39 is 29.5 Å². The number of amides is 1. The molecule has 0 saturated heterocycles. The van der Waals surface area contributed by atoms with E-state index in [1.165, 1.54) is 37.1 Å². The summed E-state index contributed by atoms with van der Waals surface area (Å²) in [5.74, 6) is -2.08. The van der Waals surface area contributed by atoms with Crippen LogP contribution in [0.3, 0.4) is 0 Å². The lowest BCUT2D eigenvalue weighted by Gasteiger charge is -2.32. The van der Waals surface area contributed by atoms with Crippen LogP contribution in [0.2, 0.25) is 0 Å². The number of nitrogens with zero attached hydrogens (tertiary/aromatic N) is 2. The van der Waals surface area contributed by atoms with Crippen molar-refractivity contribution in [3.8, 4) is 11.8 Å². The number of carbonyl (C=O) groups is 1. The Kier molecular flexibility index (Phi) is 8.23. The molecule has 1 heterocycles. The molecule has 0 saturated carbocycles. The Balaban J connectivity index is 1.82. The van der Waals surface area contributed by atoms with Crippen LogP contribution >= 0.6 is 11.8 Å². The summed E-state index contributed by atoms with van der Waals surface area (Å²) in [7, 11) is 1.45. The molecule has 1 N–H and O–H groups in total. The standard InChI is InChI=1S/C29H24F3N3O2S/c1-18-25(27(36)35-23-14-8-9-15-24(23)37-2)26(20-12-6-7-13-22(20)29(30,31)32)21(16-33)28(34-18)38-17-19-10-4-3-5-11-19/h3-15,21,26H,17H2,1-2H3,(H,35,36). The number of hydrogen-bond donors (Lipinski definition) is 1. The van der Waals surface area contributed by atoms with Crippen molar-refractivity contribution in [2.75, 3.05) is 12.4 Å². The summed E-state index contributed by atoms with van der Waals surface area (Å²) in [4.78, 5) is 18.2. The van der Waals surface area contributed by atoms with E-state index in [1.807, 2.05) is 30.3 Å². The molecule has 1 aliphatic heterocycles. The van der Waals surface area contributed by atoms with Gasteiger partial charge in [-0.25, -0.2) is 4.99 Å². The van der Waals surface area contributed by atoms with Gasteiger partial charge in [0.1, 0.15) is 11.7 Å². The van der Waals surface area contributed by atoms with Gasteiger partial charge in [-0.1, -0.05) is 60.7 Å². The van der Waals surface area contributed by atoms with Gasteiger partial charge in [0.15, 0.2) is 0 Å². The first-order chi connectivity index (χ1) is 18.2. The monoisotopic (exact) mass is 535 g/mol. The summed E-state index contributed by atoms with van der Waals surface area (Å²) in [5.41, 5.74) is 0.541. The highest BCUT2D eigenvalue weighted by Gasteiger charge is 2.43. The Hall–Kier alpha value is -4.03. The van der Waals surface area contributed by atoms with E-state index in [0.29, 0.717) is 22.2 Å². The Bertz CT molecular complexity index is 1430. The number of halogens is 3. The number of allylic oxidation sites excluding steroid dienone is 1. The molecule has 5 nitrogen and oxygen atoms in total. The van der Waals surface area contributed by atoms with Crippen LogP contribution in [0.5, 0.6) is 5.75 Å². The minimum absolute atomic E-state index is 0.00298. The van der Waals surface area contributed by atoms with Crippen molar-refractivity contribution in [2.24, 2.45) is 10.9 Å². The van der Waals surface area contributed by atoms with E-state index in [-0.39, 0.29) is 16.8 Å². The fraction of sp³-hybridized carbons (Fsp3) is 0.207. The minimum Gasteiger partial charge on any atom is -0.495 e. The number of nitrogens with one attached hydrogen (secondary N) is 1. The summed E-state index contributed by atoms with van der Waals surface area (Å²) in [6.07, 6.45) is -4.68. The highest BCUT2D eigenvalue weighted by molar-refractivity contribution is 8.13. The van der Waals surface area contributed by atoms with E-state index in [2.05, 4.69) is 16.4 Å². The maximum atomic E-state index is 14.1. The molecular formula is C29H24F3N3O2S. The van der Waals surface area contributed by atoms with Gasteiger partial charge in [0.25, 0.3) is 5.91 Å². The topological polar surface area (TPSA) is 74.5 Å². The second kappa shape index (κ2) is 11.6. The smallest absolute Gasteiger partial charge is 0.416 e. The molecule has 9 heteroatoms. The quantitative estimate of drug-likeness (QED) is 0.362. The van der Waals surface area contributed by atoms with Crippen molar-refractivity contribution in [2.45, 2.75) is 24.8 Å². The van der Waals surface area contributed by atoms with Crippen LogP contribution in [0.1, 0.15) is 29.5 Å². The molecule has 2 unspecified atom stereocenters. The van der Waals surface area contributed by atoms with Crippen LogP contribution in [0, 0.1) is 17.2 Å². The number of anilines is 1. The predicted molar refractivity (Wildman–Crippen MR) is 143 cm³/mol.